The quantitative estimate of drug-likeness (QED) is 0.0664. The lowest BCUT2D eigenvalue weighted by atomic mass is 10.1. The first-order valence-corrected chi connectivity index (χ1v) is 26.7. The summed E-state index contributed by atoms with van der Waals surface area (Å²) in [7, 11) is 0. The van der Waals surface area contributed by atoms with Crippen LogP contribution in [-0.2, 0) is 0 Å². The first kappa shape index (κ1) is 63.4. The molecule has 0 amide bonds. The van der Waals surface area contributed by atoms with E-state index in [1.165, 1.54) is 0 Å². The molecule has 0 spiro atoms. The normalized spacial score (nSPS) is 13.1. The van der Waals surface area contributed by atoms with Crippen LogP contribution in [0.25, 0.3) is 83.9 Å². The second-order valence-electron chi connectivity index (χ2n) is 20.0. The Morgan fingerprint density at radius 1 is 0.321 bits per heavy atom. The Morgan fingerprint density at radius 3 is 0.821 bits per heavy atom. The predicted octanol–water partition coefficient (Wildman–Crippen LogP) is 11.0. The van der Waals surface area contributed by atoms with E-state index in [1.54, 1.807) is 53.0 Å². The number of fused-ring (bicyclic) bond motifs is 3. The molecule has 12 aromatic rings. The van der Waals surface area contributed by atoms with E-state index in [-0.39, 0.29) is 58.6 Å². The van der Waals surface area contributed by atoms with E-state index >= 15 is 0 Å². The van der Waals surface area contributed by atoms with Crippen LogP contribution < -0.4 is 17.2 Å². The van der Waals surface area contributed by atoms with Gasteiger partial charge in [-0.3, -0.25) is 15.0 Å². The van der Waals surface area contributed by atoms with Crippen molar-refractivity contribution in [2.24, 2.45) is 17.2 Å². The van der Waals surface area contributed by atoms with Gasteiger partial charge < -0.3 is 32.5 Å². The number of rotatable bonds is 12. The lowest BCUT2D eigenvalue weighted by Crippen LogP contribution is -2.07. The molecule has 0 aliphatic carbocycles. The molecule has 0 aliphatic rings. The van der Waals surface area contributed by atoms with Gasteiger partial charge in [0.05, 0.1) is 105 Å². The molecule has 12 rings (SSSR count). The smallest absolute Gasteiger partial charge is 0.154 e. The van der Waals surface area contributed by atoms with Crippen molar-refractivity contribution >= 4 is 73.2 Å². The van der Waals surface area contributed by atoms with E-state index in [0.717, 1.165) is 83.6 Å². The molecule has 9 N–H and O–H groups in total. The molecule has 3 aromatic carbocycles. The summed E-state index contributed by atoms with van der Waals surface area (Å²) in [6.45, 7) is 10.9. The number of pyridine rings is 6. The zero-order valence-corrected chi connectivity index (χ0v) is 50.2. The van der Waals surface area contributed by atoms with Crippen molar-refractivity contribution in [1.82, 2.24) is 59.2 Å². The summed E-state index contributed by atoms with van der Waals surface area (Å²) in [6, 6.07) is 52.2. The molecular weight excluding hydrogens is 1110 g/mol. The number of nitrogens with two attached hydrogens (primary N) is 3. The third kappa shape index (κ3) is 14.2. The van der Waals surface area contributed by atoms with Gasteiger partial charge >= 0.3 is 0 Å². The maximum Gasteiger partial charge on any atom is 0.154 e. The second kappa shape index (κ2) is 27.9. The second-order valence-corrected chi connectivity index (χ2v) is 20.0. The van der Waals surface area contributed by atoms with Gasteiger partial charge in [-0.2, -0.15) is 55.8 Å². The standard InChI is InChI=1S/3C21H21N5O.3H2S/c3*1-13(22)17-5-3-7-19(24-17)15-9-10-16-12-23-26(20(16)11-15)21-8-4-6-18(25-21)14(2)27;;;/h3*3-14,27H,22H2,1-2H3;3*1H2/t3*13-,14?;;;/m000.../s1. The Morgan fingerprint density at radius 2 is 0.571 bits per heavy atom. The van der Waals surface area contributed by atoms with Crippen LogP contribution >= 0.6 is 40.5 Å². The third-order valence-corrected chi connectivity index (χ3v) is 13.5. The van der Waals surface area contributed by atoms with Crippen molar-refractivity contribution in [2.75, 3.05) is 0 Å². The Balaban J connectivity index is 0.000000178. The van der Waals surface area contributed by atoms with Crippen LogP contribution in [0.3, 0.4) is 0 Å². The van der Waals surface area contributed by atoms with Crippen molar-refractivity contribution < 1.29 is 15.3 Å². The highest BCUT2D eigenvalue weighted by Crippen LogP contribution is 2.30. The predicted molar refractivity (Wildman–Crippen MR) is 347 cm³/mol. The van der Waals surface area contributed by atoms with E-state index in [2.05, 4.69) is 45.2 Å². The summed E-state index contributed by atoms with van der Waals surface area (Å²) in [5, 5.41) is 45.9. The van der Waals surface area contributed by atoms with E-state index < -0.39 is 18.3 Å². The largest absolute Gasteiger partial charge is 0.387 e. The van der Waals surface area contributed by atoms with Gasteiger partial charge in [0.25, 0.3) is 0 Å². The lowest BCUT2D eigenvalue weighted by molar-refractivity contribution is 0.194. The molecule has 0 aliphatic heterocycles. The molecule has 3 unspecified atom stereocenters. The fraction of sp³-hybridized carbons (Fsp3) is 0.190. The van der Waals surface area contributed by atoms with Crippen LogP contribution in [0.2, 0.25) is 0 Å². The highest BCUT2D eigenvalue weighted by Gasteiger charge is 2.16. The van der Waals surface area contributed by atoms with E-state index in [1.807, 2.05) is 185 Å². The summed E-state index contributed by atoms with van der Waals surface area (Å²) in [5.41, 5.74) is 30.6. The van der Waals surface area contributed by atoms with Crippen molar-refractivity contribution in [3.63, 3.8) is 0 Å². The minimum Gasteiger partial charge on any atom is -0.387 e. The molecule has 0 fully saturated rings. The molecule has 21 heteroatoms. The van der Waals surface area contributed by atoms with Crippen molar-refractivity contribution in [3.05, 3.63) is 217 Å². The summed E-state index contributed by atoms with van der Waals surface area (Å²) >= 11 is 0. The lowest BCUT2D eigenvalue weighted by Gasteiger charge is -2.09. The molecule has 0 radical (unpaired) electrons. The first-order valence-electron chi connectivity index (χ1n) is 26.7. The molecule has 0 bridgehead atoms. The van der Waals surface area contributed by atoms with Gasteiger partial charge in [-0.1, -0.05) is 72.8 Å². The summed E-state index contributed by atoms with van der Waals surface area (Å²) in [4.78, 5) is 27.6. The first-order chi connectivity index (χ1) is 39.1. The Bertz CT molecular complexity index is 3740. The van der Waals surface area contributed by atoms with Gasteiger partial charge in [0, 0.05) is 51.0 Å². The van der Waals surface area contributed by atoms with E-state index in [0.29, 0.717) is 34.5 Å². The van der Waals surface area contributed by atoms with Crippen LogP contribution in [0.5, 0.6) is 0 Å². The average Bonchev–Trinajstić information content (AvgIpc) is 4.46. The van der Waals surface area contributed by atoms with Gasteiger partial charge in [0.1, 0.15) is 0 Å². The molecular formula is C63H69N15O3S3. The van der Waals surface area contributed by atoms with Crippen LogP contribution in [0.15, 0.2) is 182 Å². The van der Waals surface area contributed by atoms with Gasteiger partial charge in [-0.25, -0.2) is 29.0 Å². The zero-order chi connectivity index (χ0) is 56.9. The number of aromatic nitrogens is 12. The SMILES string of the molecule is CC(O)c1cccc(-n2ncc3ccc(-c4cccc([C@H](C)N)n4)cc32)n1.CC(O)c1cccc(-n2ncc3ccc(-c4cccc([C@H](C)N)n4)cc32)n1.CC(O)c1cccc(-n2ncc3ccc(-c4cccc([C@H](C)N)n4)cc32)n1.S.S.S. The van der Waals surface area contributed by atoms with Crippen molar-refractivity contribution in [1.29, 1.82) is 0 Å². The Hall–Kier alpha value is -8.22. The fourth-order valence-electron chi connectivity index (χ4n) is 9.05. The van der Waals surface area contributed by atoms with Crippen LogP contribution in [0, 0.1) is 0 Å². The fourth-order valence-corrected chi connectivity index (χ4v) is 9.05. The Labute approximate surface area is 507 Å². The minimum absolute atomic E-state index is 0. The number of hydrogen-bond donors (Lipinski definition) is 6. The molecule has 0 saturated carbocycles. The van der Waals surface area contributed by atoms with Crippen LogP contribution in [0.4, 0.5) is 0 Å². The average molecular weight is 1180 g/mol. The number of hydrogen-bond acceptors (Lipinski definition) is 15. The van der Waals surface area contributed by atoms with Gasteiger partial charge in [-0.05, 0) is 133 Å². The molecule has 84 heavy (non-hydrogen) atoms. The maximum atomic E-state index is 9.81. The van der Waals surface area contributed by atoms with E-state index in [9.17, 15) is 15.3 Å². The van der Waals surface area contributed by atoms with E-state index in [4.69, 9.17) is 17.2 Å². The number of aliphatic hydroxyl groups excluding tert-OH is 3. The summed E-state index contributed by atoms with van der Waals surface area (Å²) in [5.74, 6) is 1.99. The van der Waals surface area contributed by atoms with Crippen molar-refractivity contribution in [2.45, 2.75) is 78.0 Å². The Kier molecular flexibility index (Phi) is 21.0. The molecule has 18 nitrogen and oxygen atoms in total. The van der Waals surface area contributed by atoms with Gasteiger partial charge in [-0.15, -0.1) is 0 Å². The van der Waals surface area contributed by atoms with Gasteiger partial charge in [0.15, 0.2) is 17.5 Å². The maximum absolute atomic E-state index is 9.81. The van der Waals surface area contributed by atoms with Crippen molar-refractivity contribution in [3.8, 4) is 51.2 Å². The summed E-state index contributed by atoms with van der Waals surface area (Å²) in [6.07, 6.45) is 3.53. The third-order valence-electron chi connectivity index (χ3n) is 13.5. The molecule has 9 heterocycles. The van der Waals surface area contributed by atoms with Crippen LogP contribution in [0.1, 0.15) is 112 Å². The number of benzene rings is 3. The highest BCUT2D eigenvalue weighted by molar-refractivity contribution is 7.59. The molecule has 432 valence electrons. The molecule has 6 atom stereocenters. The van der Waals surface area contributed by atoms with Gasteiger partial charge in [0.2, 0.25) is 0 Å². The minimum atomic E-state index is -0.632. The number of nitrogens with zero attached hydrogens (tertiary/aromatic N) is 12. The molecule has 0 saturated heterocycles. The number of aliphatic hydroxyl groups is 3. The topological polar surface area (TPSA) is 270 Å². The van der Waals surface area contributed by atoms with Crippen LogP contribution in [-0.4, -0.2) is 74.6 Å². The zero-order valence-electron chi connectivity index (χ0n) is 47.2. The highest BCUT2D eigenvalue weighted by atomic mass is 32.1. The molecule has 9 aromatic heterocycles. The monoisotopic (exact) mass is 1180 g/mol. The summed E-state index contributed by atoms with van der Waals surface area (Å²) < 4.78 is 5.33.